The first-order valence-electron chi connectivity index (χ1n) is 8.30. The van der Waals surface area contributed by atoms with Crippen LogP contribution in [0.25, 0.3) is 32.3 Å². The molecule has 0 heterocycles. The number of hydrogen-bond donors (Lipinski definition) is 1. The van der Waals surface area contributed by atoms with E-state index >= 15 is 0 Å². The number of aliphatic hydroxyl groups excluding tert-OH is 1. The highest BCUT2D eigenvalue weighted by Crippen LogP contribution is 2.30. The summed E-state index contributed by atoms with van der Waals surface area (Å²) in [5, 5.41) is 16.7. The summed E-state index contributed by atoms with van der Waals surface area (Å²) in [7, 11) is 0. The fourth-order valence-electron chi connectivity index (χ4n) is 3.40. The lowest BCUT2D eigenvalue weighted by atomic mass is 9.96. The van der Waals surface area contributed by atoms with E-state index in [9.17, 15) is 0 Å². The minimum atomic E-state index is 0.283. The van der Waals surface area contributed by atoms with Crippen molar-refractivity contribution in [2.75, 3.05) is 6.61 Å². The Bertz CT molecular complexity index is 985. The van der Waals surface area contributed by atoms with Crippen LogP contribution < -0.4 is 0 Å². The Labute approximate surface area is 136 Å². The normalized spacial score (nSPS) is 11.5. The molecule has 0 aliphatic heterocycles. The number of rotatable bonds is 4. The van der Waals surface area contributed by atoms with Crippen LogP contribution in [0.15, 0.2) is 66.7 Å². The first-order valence-corrected chi connectivity index (χ1v) is 8.30. The van der Waals surface area contributed by atoms with E-state index in [2.05, 4.69) is 66.7 Å². The van der Waals surface area contributed by atoms with Gasteiger partial charge >= 0.3 is 0 Å². The lowest BCUT2D eigenvalue weighted by Crippen LogP contribution is -1.89. The van der Waals surface area contributed by atoms with Gasteiger partial charge in [-0.1, -0.05) is 54.6 Å². The van der Waals surface area contributed by atoms with Crippen molar-refractivity contribution in [1.29, 1.82) is 0 Å². The number of benzene rings is 4. The fourth-order valence-corrected chi connectivity index (χ4v) is 3.40. The lowest BCUT2D eigenvalue weighted by Gasteiger charge is -2.08. The molecule has 0 spiro atoms. The summed E-state index contributed by atoms with van der Waals surface area (Å²) in [5.41, 5.74) is 1.35. The van der Waals surface area contributed by atoms with E-state index in [1.807, 2.05) is 0 Å². The Morgan fingerprint density at radius 1 is 0.609 bits per heavy atom. The van der Waals surface area contributed by atoms with Gasteiger partial charge in [-0.25, -0.2) is 0 Å². The molecule has 0 saturated heterocycles. The van der Waals surface area contributed by atoms with Gasteiger partial charge < -0.3 is 5.11 Å². The molecule has 0 saturated carbocycles. The van der Waals surface area contributed by atoms with Crippen LogP contribution >= 0.6 is 0 Å². The molecule has 0 aromatic heterocycles. The zero-order valence-corrected chi connectivity index (χ0v) is 13.1. The summed E-state index contributed by atoms with van der Waals surface area (Å²) in [6.07, 6.45) is 2.95. The largest absolute Gasteiger partial charge is 0.396 e. The highest BCUT2D eigenvalue weighted by Gasteiger charge is 2.03. The Balaban J connectivity index is 1.85. The van der Waals surface area contributed by atoms with E-state index in [1.54, 1.807) is 0 Å². The van der Waals surface area contributed by atoms with Crippen LogP contribution in [0.5, 0.6) is 0 Å². The Morgan fingerprint density at radius 3 is 2.35 bits per heavy atom. The summed E-state index contributed by atoms with van der Waals surface area (Å²) >= 11 is 0. The molecule has 0 amide bonds. The molecule has 23 heavy (non-hydrogen) atoms. The van der Waals surface area contributed by atoms with Gasteiger partial charge in [-0.05, 0) is 69.3 Å². The molecular weight excluding hydrogens is 280 g/mol. The number of unbranched alkanes of at least 4 members (excludes halogenated alkanes) is 1. The van der Waals surface area contributed by atoms with Gasteiger partial charge in [0.2, 0.25) is 0 Å². The highest BCUT2D eigenvalue weighted by atomic mass is 16.2. The number of aliphatic hydroxyl groups is 1. The zero-order chi connectivity index (χ0) is 15.6. The molecule has 1 heteroatoms. The van der Waals surface area contributed by atoms with Gasteiger partial charge in [0.25, 0.3) is 0 Å². The van der Waals surface area contributed by atoms with Crippen molar-refractivity contribution in [3.05, 3.63) is 72.3 Å². The predicted octanol–water partition coefficient (Wildman–Crippen LogP) is 5.46. The molecule has 4 aromatic rings. The van der Waals surface area contributed by atoms with Gasteiger partial charge in [-0.2, -0.15) is 0 Å². The van der Waals surface area contributed by atoms with Gasteiger partial charge in [-0.15, -0.1) is 0 Å². The summed E-state index contributed by atoms with van der Waals surface area (Å²) < 4.78 is 0. The van der Waals surface area contributed by atoms with E-state index in [4.69, 9.17) is 5.11 Å². The topological polar surface area (TPSA) is 20.2 Å². The van der Waals surface area contributed by atoms with E-state index in [0.717, 1.165) is 19.3 Å². The maximum Gasteiger partial charge on any atom is 0.0431 e. The molecule has 0 unspecified atom stereocenters. The third kappa shape index (κ3) is 2.69. The molecule has 0 radical (unpaired) electrons. The van der Waals surface area contributed by atoms with Crippen molar-refractivity contribution in [3.63, 3.8) is 0 Å². The van der Waals surface area contributed by atoms with Crippen LogP contribution in [0.3, 0.4) is 0 Å². The second-order valence-corrected chi connectivity index (χ2v) is 6.22. The fraction of sp³-hybridized carbons (Fsp3) is 0.182. The van der Waals surface area contributed by atoms with Gasteiger partial charge in [0.1, 0.15) is 0 Å². The molecule has 114 valence electrons. The van der Waals surface area contributed by atoms with Crippen LogP contribution in [-0.4, -0.2) is 11.7 Å². The second-order valence-electron chi connectivity index (χ2n) is 6.22. The zero-order valence-electron chi connectivity index (χ0n) is 13.1. The molecule has 4 rings (SSSR count). The van der Waals surface area contributed by atoms with Crippen molar-refractivity contribution in [3.8, 4) is 0 Å². The number of fused-ring (bicyclic) bond motifs is 4. The number of hydrogen-bond acceptors (Lipinski definition) is 1. The molecule has 1 nitrogen and oxygen atoms in total. The van der Waals surface area contributed by atoms with Crippen molar-refractivity contribution >= 4 is 32.3 Å². The Kier molecular flexibility index (Phi) is 3.72. The van der Waals surface area contributed by atoms with Crippen molar-refractivity contribution in [2.24, 2.45) is 0 Å². The van der Waals surface area contributed by atoms with Gasteiger partial charge in [0.05, 0.1) is 0 Å². The van der Waals surface area contributed by atoms with Crippen molar-refractivity contribution < 1.29 is 5.11 Å². The van der Waals surface area contributed by atoms with Crippen molar-refractivity contribution in [2.45, 2.75) is 19.3 Å². The van der Waals surface area contributed by atoms with Crippen LogP contribution in [0.4, 0.5) is 0 Å². The third-order valence-corrected chi connectivity index (χ3v) is 4.64. The Morgan fingerprint density at radius 2 is 1.43 bits per heavy atom. The number of aryl methyl sites for hydroxylation is 1. The van der Waals surface area contributed by atoms with E-state index in [1.165, 1.54) is 37.9 Å². The third-order valence-electron chi connectivity index (χ3n) is 4.64. The molecule has 0 aliphatic rings. The lowest BCUT2D eigenvalue weighted by molar-refractivity contribution is 0.284. The van der Waals surface area contributed by atoms with Gasteiger partial charge in [0, 0.05) is 6.61 Å². The minimum absolute atomic E-state index is 0.283. The summed E-state index contributed by atoms with van der Waals surface area (Å²) in [5.74, 6) is 0. The smallest absolute Gasteiger partial charge is 0.0431 e. The van der Waals surface area contributed by atoms with Crippen LogP contribution in [0, 0.1) is 0 Å². The monoisotopic (exact) mass is 300 g/mol. The second kappa shape index (κ2) is 6.02. The molecule has 0 atom stereocenters. The maximum absolute atomic E-state index is 8.92. The Hall–Kier alpha value is -2.38. The van der Waals surface area contributed by atoms with Crippen LogP contribution in [0.1, 0.15) is 18.4 Å². The van der Waals surface area contributed by atoms with Crippen LogP contribution in [0.2, 0.25) is 0 Å². The predicted molar refractivity (Wildman–Crippen MR) is 99.0 cm³/mol. The molecule has 0 fully saturated rings. The quantitative estimate of drug-likeness (QED) is 0.301. The maximum atomic E-state index is 8.92. The first kappa shape index (κ1) is 14.2. The first-order chi connectivity index (χ1) is 11.3. The molecule has 0 bridgehead atoms. The van der Waals surface area contributed by atoms with Crippen molar-refractivity contribution in [1.82, 2.24) is 0 Å². The van der Waals surface area contributed by atoms with E-state index in [0.29, 0.717) is 0 Å². The van der Waals surface area contributed by atoms with Gasteiger partial charge in [-0.3, -0.25) is 0 Å². The van der Waals surface area contributed by atoms with E-state index in [-0.39, 0.29) is 6.61 Å². The van der Waals surface area contributed by atoms with Gasteiger partial charge in [0.15, 0.2) is 0 Å². The standard InChI is InChI=1S/C22H20O/c23-12-4-3-5-16-8-9-18-15-22-19(14-20(18)13-16)11-10-17-6-1-2-7-21(17)22/h1-2,6-11,13-15,23H,3-5,12H2. The molecule has 0 aliphatic carbocycles. The molecular formula is C22H20O. The minimum Gasteiger partial charge on any atom is -0.396 e. The van der Waals surface area contributed by atoms with Crippen LogP contribution in [-0.2, 0) is 6.42 Å². The average molecular weight is 300 g/mol. The summed E-state index contributed by atoms with van der Waals surface area (Å²) in [4.78, 5) is 0. The summed E-state index contributed by atoms with van der Waals surface area (Å²) in [6.45, 7) is 0.283. The summed E-state index contributed by atoms with van der Waals surface area (Å²) in [6, 6.07) is 24.3. The average Bonchev–Trinajstić information content (AvgIpc) is 2.60. The molecule has 4 aromatic carbocycles. The SMILES string of the molecule is OCCCCc1ccc2cc3c(ccc4ccccc43)cc2c1. The highest BCUT2D eigenvalue weighted by molar-refractivity contribution is 6.12. The molecule has 1 N–H and O–H groups in total. The van der Waals surface area contributed by atoms with E-state index < -0.39 is 0 Å².